The number of Topliss-reactive ketones (excluding diaryl/α,β-unsaturated/α-hetero) is 1. The van der Waals surface area contributed by atoms with Crippen LogP contribution in [0.1, 0.15) is 20.3 Å². The van der Waals surface area contributed by atoms with Crippen molar-refractivity contribution in [1.82, 2.24) is 15.0 Å². The molecule has 0 amide bonds. The summed E-state index contributed by atoms with van der Waals surface area (Å²) in [7, 11) is 0. The first-order valence-electron chi connectivity index (χ1n) is 3.31. The minimum Gasteiger partial charge on any atom is -0.300 e. The van der Waals surface area contributed by atoms with E-state index in [-0.39, 0.29) is 5.78 Å². The Kier molecular flexibility index (Phi) is 5.98. The molecule has 0 saturated carbocycles. The normalized spacial score (nSPS) is 7.82. The van der Waals surface area contributed by atoms with Gasteiger partial charge in [0, 0.05) is 6.42 Å². The van der Waals surface area contributed by atoms with Crippen molar-refractivity contribution in [2.75, 3.05) is 0 Å². The van der Waals surface area contributed by atoms with Crippen LogP contribution in [-0.4, -0.2) is 20.7 Å². The Labute approximate surface area is 65.7 Å². The molecule has 0 N–H and O–H groups in total. The maximum atomic E-state index is 9.81. The van der Waals surface area contributed by atoms with Crippen molar-refractivity contribution in [1.29, 1.82) is 0 Å². The minimum atomic E-state index is 0.255. The summed E-state index contributed by atoms with van der Waals surface area (Å²) in [5.41, 5.74) is 0. The summed E-state index contributed by atoms with van der Waals surface area (Å²) < 4.78 is 0. The molecule has 60 valence electrons. The average Bonchev–Trinajstić information content (AvgIpc) is 2.09. The van der Waals surface area contributed by atoms with Gasteiger partial charge in [-0.3, -0.25) is 0 Å². The van der Waals surface area contributed by atoms with Crippen LogP contribution >= 0.6 is 0 Å². The van der Waals surface area contributed by atoms with Crippen molar-refractivity contribution in [3.8, 4) is 0 Å². The van der Waals surface area contributed by atoms with Crippen molar-refractivity contribution < 1.29 is 4.79 Å². The van der Waals surface area contributed by atoms with E-state index in [1.165, 1.54) is 19.0 Å². The van der Waals surface area contributed by atoms with Gasteiger partial charge in [0.25, 0.3) is 0 Å². The second-order valence-corrected chi connectivity index (χ2v) is 1.85. The van der Waals surface area contributed by atoms with Crippen molar-refractivity contribution in [3.05, 3.63) is 19.0 Å². The highest BCUT2D eigenvalue weighted by Crippen LogP contribution is 1.71. The van der Waals surface area contributed by atoms with Crippen LogP contribution in [0.15, 0.2) is 19.0 Å². The first-order valence-corrected chi connectivity index (χ1v) is 3.31. The smallest absolute Gasteiger partial charge is 0.129 e. The van der Waals surface area contributed by atoms with Gasteiger partial charge >= 0.3 is 0 Å². The lowest BCUT2D eigenvalue weighted by atomic mass is 10.4. The van der Waals surface area contributed by atoms with Crippen molar-refractivity contribution in [3.63, 3.8) is 0 Å². The van der Waals surface area contributed by atoms with Gasteiger partial charge in [-0.25, -0.2) is 15.0 Å². The Hall–Kier alpha value is -1.32. The second-order valence-electron chi connectivity index (χ2n) is 1.85. The molecule has 0 unspecified atom stereocenters. The molecule has 1 heterocycles. The van der Waals surface area contributed by atoms with E-state index in [2.05, 4.69) is 15.0 Å². The zero-order valence-corrected chi connectivity index (χ0v) is 6.69. The van der Waals surface area contributed by atoms with Gasteiger partial charge in [-0.2, -0.15) is 0 Å². The van der Waals surface area contributed by atoms with Gasteiger partial charge in [0.05, 0.1) is 0 Å². The summed E-state index contributed by atoms with van der Waals surface area (Å²) in [5, 5.41) is 0. The van der Waals surface area contributed by atoms with Gasteiger partial charge in [0.1, 0.15) is 24.8 Å². The standard InChI is InChI=1S/C4H8O.C3H3N3/c1-3-4(2)5;1-4-2-6-3-5-1/h3H2,1-2H3;1-3H. The Morgan fingerprint density at radius 3 is 1.55 bits per heavy atom. The van der Waals surface area contributed by atoms with E-state index in [4.69, 9.17) is 0 Å². The molecule has 1 aromatic heterocycles. The fraction of sp³-hybridized carbons (Fsp3) is 0.429. The van der Waals surface area contributed by atoms with E-state index in [0.29, 0.717) is 6.42 Å². The van der Waals surface area contributed by atoms with Crippen LogP contribution in [-0.2, 0) is 4.79 Å². The molecule has 4 heteroatoms. The van der Waals surface area contributed by atoms with Crippen LogP contribution in [0.25, 0.3) is 0 Å². The summed E-state index contributed by atoms with van der Waals surface area (Å²) in [6, 6.07) is 0. The number of aromatic nitrogens is 3. The second kappa shape index (κ2) is 6.80. The van der Waals surface area contributed by atoms with Crippen molar-refractivity contribution in [2.45, 2.75) is 20.3 Å². The molecule has 0 aliphatic carbocycles. The topological polar surface area (TPSA) is 55.7 Å². The third-order valence-corrected chi connectivity index (χ3v) is 0.898. The summed E-state index contributed by atoms with van der Waals surface area (Å²) >= 11 is 0. The molecule has 0 aliphatic heterocycles. The highest BCUT2D eigenvalue weighted by atomic mass is 16.1. The number of hydrogen-bond acceptors (Lipinski definition) is 4. The number of ketones is 1. The predicted octanol–water partition coefficient (Wildman–Crippen LogP) is 0.857. The van der Waals surface area contributed by atoms with E-state index < -0.39 is 0 Å². The lowest BCUT2D eigenvalue weighted by Gasteiger charge is -1.71. The van der Waals surface area contributed by atoms with E-state index in [9.17, 15) is 4.79 Å². The van der Waals surface area contributed by atoms with Crippen LogP contribution in [0.4, 0.5) is 0 Å². The van der Waals surface area contributed by atoms with E-state index in [0.717, 1.165) is 0 Å². The van der Waals surface area contributed by atoms with Crippen LogP contribution in [0.3, 0.4) is 0 Å². The number of nitrogens with zero attached hydrogens (tertiary/aromatic N) is 3. The molecule has 1 aromatic rings. The highest BCUT2D eigenvalue weighted by molar-refractivity contribution is 5.74. The fourth-order valence-corrected chi connectivity index (χ4v) is 0.205. The SMILES string of the molecule is CCC(C)=O.c1ncncn1. The lowest BCUT2D eigenvalue weighted by Crippen LogP contribution is -1.80. The highest BCUT2D eigenvalue weighted by Gasteiger charge is 1.76. The molecule has 0 atom stereocenters. The summed E-state index contributed by atoms with van der Waals surface area (Å²) in [4.78, 5) is 20.5. The van der Waals surface area contributed by atoms with Crippen LogP contribution in [0.5, 0.6) is 0 Å². The molecule has 0 radical (unpaired) electrons. The molecular formula is C7H11N3O. The Morgan fingerprint density at radius 1 is 1.18 bits per heavy atom. The lowest BCUT2D eigenvalue weighted by molar-refractivity contribution is -0.116. The summed E-state index contributed by atoms with van der Waals surface area (Å²) in [6.45, 7) is 3.43. The van der Waals surface area contributed by atoms with Gasteiger partial charge in [-0.05, 0) is 6.92 Å². The number of carbonyl (C=O) groups is 1. The van der Waals surface area contributed by atoms with E-state index in [1.807, 2.05) is 6.92 Å². The van der Waals surface area contributed by atoms with Gasteiger partial charge in [-0.15, -0.1) is 0 Å². The average molecular weight is 153 g/mol. The van der Waals surface area contributed by atoms with E-state index >= 15 is 0 Å². The number of rotatable bonds is 1. The monoisotopic (exact) mass is 153 g/mol. The summed E-state index contributed by atoms with van der Waals surface area (Å²) in [6.07, 6.45) is 4.98. The summed E-state index contributed by atoms with van der Waals surface area (Å²) in [5.74, 6) is 0.255. The van der Waals surface area contributed by atoms with Crippen molar-refractivity contribution in [2.24, 2.45) is 0 Å². The van der Waals surface area contributed by atoms with Crippen LogP contribution < -0.4 is 0 Å². The molecule has 1 rings (SSSR count). The third-order valence-electron chi connectivity index (χ3n) is 0.898. The van der Waals surface area contributed by atoms with Gasteiger partial charge in [0.2, 0.25) is 0 Å². The van der Waals surface area contributed by atoms with Gasteiger partial charge in [-0.1, -0.05) is 6.92 Å². The van der Waals surface area contributed by atoms with Crippen LogP contribution in [0.2, 0.25) is 0 Å². The third kappa shape index (κ3) is 8.68. The van der Waals surface area contributed by atoms with Gasteiger partial charge < -0.3 is 4.79 Å². The van der Waals surface area contributed by atoms with Crippen molar-refractivity contribution >= 4 is 5.78 Å². The molecule has 0 fully saturated rings. The first-order chi connectivity index (χ1) is 5.27. The maximum Gasteiger partial charge on any atom is 0.129 e. The molecule has 4 nitrogen and oxygen atoms in total. The first kappa shape index (κ1) is 9.68. The Bertz CT molecular complexity index is 161. The molecule has 0 spiro atoms. The number of hydrogen-bond donors (Lipinski definition) is 0. The zero-order chi connectivity index (χ0) is 8.53. The Balaban J connectivity index is 0.000000187. The molecule has 0 saturated heterocycles. The number of carbonyl (C=O) groups excluding carboxylic acids is 1. The zero-order valence-electron chi connectivity index (χ0n) is 6.69. The maximum absolute atomic E-state index is 9.81. The molecule has 0 aromatic carbocycles. The molecular weight excluding hydrogens is 142 g/mol. The van der Waals surface area contributed by atoms with E-state index in [1.54, 1.807) is 6.92 Å². The molecule has 0 bridgehead atoms. The largest absolute Gasteiger partial charge is 0.300 e. The fourth-order valence-electron chi connectivity index (χ4n) is 0.205. The minimum absolute atomic E-state index is 0.255. The molecule has 0 aliphatic rings. The quantitative estimate of drug-likeness (QED) is 0.600. The molecule has 11 heavy (non-hydrogen) atoms. The van der Waals surface area contributed by atoms with Crippen LogP contribution in [0, 0.1) is 0 Å². The predicted molar refractivity (Wildman–Crippen MR) is 40.8 cm³/mol. The Morgan fingerprint density at radius 2 is 1.45 bits per heavy atom. The van der Waals surface area contributed by atoms with Gasteiger partial charge in [0.15, 0.2) is 0 Å².